The molecule has 0 atom stereocenters. The summed E-state index contributed by atoms with van der Waals surface area (Å²) in [6, 6.07) is 0. The molecule has 0 aliphatic heterocycles. The van der Waals surface area contributed by atoms with Crippen LogP contribution in [0.4, 0.5) is 0 Å². The zero-order valence-corrected chi connectivity index (χ0v) is 8.32. The van der Waals surface area contributed by atoms with Crippen molar-refractivity contribution in [3.63, 3.8) is 0 Å². The monoisotopic (exact) mass is 172 g/mol. The average molecular weight is 174 g/mol. The molecule has 0 radical (unpaired) electrons. The van der Waals surface area contributed by atoms with Gasteiger partial charge in [-0.2, -0.15) is 4.21 Å². The minimum absolute atomic E-state index is 0. The van der Waals surface area contributed by atoms with Crippen LogP contribution < -0.4 is 0 Å². The first kappa shape index (κ1) is 15.7. The van der Waals surface area contributed by atoms with Gasteiger partial charge in [0.05, 0.1) is 0 Å². The second-order valence-corrected chi connectivity index (χ2v) is 0.692. The molecule has 6 heteroatoms. The molecule has 0 fully saturated rings. The standard InChI is InChI=1S/Mg.H2O3S.Zn.2H/c;1-4(2)3;;;/h;(H2,1,2,3);;;/q+2;;;2*-1. The topological polar surface area (TPSA) is 57.5 Å². The van der Waals surface area contributed by atoms with E-state index in [0.717, 1.165) is 0 Å². The molecule has 0 aliphatic rings. The van der Waals surface area contributed by atoms with E-state index in [1.165, 1.54) is 0 Å². The van der Waals surface area contributed by atoms with Crippen LogP contribution in [-0.2, 0) is 30.8 Å². The van der Waals surface area contributed by atoms with Crippen LogP contribution in [0.5, 0.6) is 0 Å². The summed E-state index contributed by atoms with van der Waals surface area (Å²) in [4.78, 5) is 0. The van der Waals surface area contributed by atoms with Crippen LogP contribution in [0.25, 0.3) is 0 Å². The molecule has 0 aliphatic carbocycles. The first-order chi connectivity index (χ1) is 1.73. The third-order valence-electron chi connectivity index (χ3n) is 0. The Bertz CT molecular complexity index is 40.3. The largest absolute Gasteiger partial charge is 2.00 e. The van der Waals surface area contributed by atoms with E-state index in [2.05, 4.69) is 0 Å². The summed E-state index contributed by atoms with van der Waals surface area (Å²) in [5.74, 6) is 0. The molecule has 0 aromatic rings. The molecule has 0 saturated carbocycles. The molecule has 32 valence electrons. The maximum atomic E-state index is 8.67. The first-order valence-corrected chi connectivity index (χ1v) is 1.60. The van der Waals surface area contributed by atoms with E-state index >= 15 is 0 Å². The second-order valence-electron chi connectivity index (χ2n) is 0.231. The maximum absolute atomic E-state index is 8.67. The van der Waals surface area contributed by atoms with Gasteiger partial charge in [-0.25, -0.2) is 0 Å². The van der Waals surface area contributed by atoms with E-state index in [-0.39, 0.29) is 45.4 Å². The molecule has 0 aromatic heterocycles. The van der Waals surface area contributed by atoms with Crippen LogP contribution in [0.2, 0.25) is 0 Å². The Balaban J connectivity index is -0.00000000750. The summed E-state index contributed by atoms with van der Waals surface area (Å²) >= 11 is -2.61. The summed E-state index contributed by atoms with van der Waals surface area (Å²) in [6.07, 6.45) is 0. The Morgan fingerprint density at radius 2 is 1.50 bits per heavy atom. The zero-order valence-electron chi connectivity index (χ0n) is 5.13. The Labute approximate surface area is 69.9 Å². The summed E-state index contributed by atoms with van der Waals surface area (Å²) in [7, 11) is 0. The number of hydrogen-bond donors (Lipinski definition) is 2. The molecule has 0 amide bonds. The van der Waals surface area contributed by atoms with E-state index in [9.17, 15) is 0 Å². The summed E-state index contributed by atoms with van der Waals surface area (Å²) in [6.45, 7) is 0. The predicted molar refractivity (Wildman–Crippen MR) is 21.4 cm³/mol. The van der Waals surface area contributed by atoms with Gasteiger partial charge in [-0.1, -0.05) is 0 Å². The minimum Gasteiger partial charge on any atom is -1.00 e. The Morgan fingerprint density at radius 3 is 1.50 bits per heavy atom. The van der Waals surface area contributed by atoms with Crippen LogP contribution in [0.1, 0.15) is 2.85 Å². The summed E-state index contributed by atoms with van der Waals surface area (Å²) in [5.41, 5.74) is 0. The van der Waals surface area contributed by atoms with Crippen molar-refractivity contribution < 1.29 is 35.6 Å². The third kappa shape index (κ3) is 51.0. The van der Waals surface area contributed by atoms with E-state index in [1.54, 1.807) is 0 Å². The minimum atomic E-state index is -2.61. The summed E-state index contributed by atoms with van der Waals surface area (Å²) in [5, 5.41) is 0. The fraction of sp³-hybridized carbons (Fsp3) is 0. The van der Waals surface area contributed by atoms with E-state index in [4.69, 9.17) is 13.3 Å². The molecule has 0 heterocycles. The Kier molecular flexibility index (Phi) is 25.3. The molecule has 2 N–H and O–H groups in total. The van der Waals surface area contributed by atoms with Gasteiger partial charge < -0.3 is 2.85 Å². The van der Waals surface area contributed by atoms with Crippen molar-refractivity contribution in [1.82, 2.24) is 0 Å². The summed E-state index contributed by atoms with van der Waals surface area (Å²) < 4.78 is 22.8. The Hall–Kier alpha value is 1.46. The smallest absolute Gasteiger partial charge is 1.00 e. The van der Waals surface area contributed by atoms with Gasteiger partial charge in [0.2, 0.25) is 0 Å². The molecule has 0 saturated heterocycles. The molecule has 0 bridgehead atoms. The van der Waals surface area contributed by atoms with Crippen molar-refractivity contribution >= 4 is 34.4 Å². The van der Waals surface area contributed by atoms with Crippen molar-refractivity contribution in [2.45, 2.75) is 0 Å². The van der Waals surface area contributed by atoms with Crippen LogP contribution in [0.3, 0.4) is 0 Å². The van der Waals surface area contributed by atoms with Crippen molar-refractivity contribution in [3.05, 3.63) is 0 Å². The fourth-order valence-corrected chi connectivity index (χ4v) is 0. The first-order valence-electron chi connectivity index (χ1n) is 0.532. The molecule has 3 nitrogen and oxygen atoms in total. The number of hydrogen-bond acceptors (Lipinski definition) is 1. The van der Waals surface area contributed by atoms with Crippen LogP contribution in [-0.4, -0.2) is 36.4 Å². The maximum Gasteiger partial charge on any atom is 2.00 e. The van der Waals surface area contributed by atoms with Crippen LogP contribution in [0.15, 0.2) is 0 Å². The normalized spacial score (nSPS) is 5.83. The van der Waals surface area contributed by atoms with Crippen molar-refractivity contribution in [2.75, 3.05) is 0 Å². The van der Waals surface area contributed by atoms with Gasteiger partial charge in [-0.05, 0) is 0 Å². The molecule has 0 unspecified atom stereocenters. The Morgan fingerprint density at radius 1 is 1.50 bits per heavy atom. The van der Waals surface area contributed by atoms with E-state index in [1.807, 2.05) is 0 Å². The number of rotatable bonds is 0. The van der Waals surface area contributed by atoms with Crippen molar-refractivity contribution in [3.8, 4) is 0 Å². The second kappa shape index (κ2) is 9.68. The van der Waals surface area contributed by atoms with Gasteiger partial charge in [0.25, 0.3) is 11.4 Å². The van der Waals surface area contributed by atoms with Gasteiger partial charge in [-0.15, -0.1) is 0 Å². The third-order valence-corrected chi connectivity index (χ3v) is 0. The molecule has 0 spiro atoms. The molecular weight excluding hydrogens is 170 g/mol. The van der Waals surface area contributed by atoms with Crippen LogP contribution in [0, 0.1) is 0 Å². The molecule has 6 heavy (non-hydrogen) atoms. The van der Waals surface area contributed by atoms with Crippen molar-refractivity contribution in [1.29, 1.82) is 0 Å². The van der Waals surface area contributed by atoms with Gasteiger partial charge in [0.1, 0.15) is 0 Å². The van der Waals surface area contributed by atoms with E-state index < -0.39 is 11.4 Å². The van der Waals surface area contributed by atoms with Gasteiger partial charge >= 0.3 is 23.1 Å². The predicted octanol–water partition coefficient (Wildman–Crippen LogP) is -0.477. The molecular formula is H4MgO3SZn. The van der Waals surface area contributed by atoms with Gasteiger partial charge in [0, 0.05) is 19.5 Å². The fourth-order valence-electron chi connectivity index (χ4n) is 0. The van der Waals surface area contributed by atoms with Crippen LogP contribution >= 0.6 is 0 Å². The van der Waals surface area contributed by atoms with E-state index in [0.29, 0.717) is 0 Å². The van der Waals surface area contributed by atoms with Gasteiger partial charge in [-0.3, -0.25) is 9.11 Å². The zero-order chi connectivity index (χ0) is 3.58. The quantitative estimate of drug-likeness (QED) is 0.385. The van der Waals surface area contributed by atoms with Crippen molar-refractivity contribution in [2.24, 2.45) is 0 Å². The molecule has 0 aromatic carbocycles. The average Bonchev–Trinajstić information content (AvgIpc) is 0.811. The SMILES string of the molecule is O=S(O)O.[H-].[H-].[Mg+2].[Zn]. The molecule has 0 rings (SSSR count). The van der Waals surface area contributed by atoms with Gasteiger partial charge in [0.15, 0.2) is 0 Å².